The summed E-state index contributed by atoms with van der Waals surface area (Å²) in [5.74, 6) is 0.294. The third-order valence-electron chi connectivity index (χ3n) is 5.71. The van der Waals surface area contributed by atoms with Gasteiger partial charge in [0.1, 0.15) is 0 Å². The fourth-order valence-electron chi connectivity index (χ4n) is 3.84. The molecule has 0 rings (SSSR count). The molecule has 28 heavy (non-hydrogen) atoms. The fraction of sp³-hybridized carbons (Fsp3) is 0.960. The lowest BCUT2D eigenvalue weighted by Crippen LogP contribution is -2.34. The van der Waals surface area contributed by atoms with E-state index in [4.69, 9.17) is 0 Å². The van der Waals surface area contributed by atoms with Gasteiger partial charge in [0, 0.05) is 17.8 Å². The molecular formula is C25H50BrNO. The Hall–Kier alpha value is -0.0500. The molecule has 3 heteroatoms. The number of hydrogen-bond donors (Lipinski definition) is 1. The minimum absolute atomic E-state index is 0.294. The van der Waals surface area contributed by atoms with E-state index in [9.17, 15) is 4.79 Å². The summed E-state index contributed by atoms with van der Waals surface area (Å²) in [4.78, 5) is 12.4. The summed E-state index contributed by atoms with van der Waals surface area (Å²) in [6, 6.07) is 0.415. The van der Waals surface area contributed by atoms with Crippen molar-refractivity contribution in [2.24, 2.45) is 0 Å². The molecule has 0 aliphatic heterocycles. The first-order valence-electron chi connectivity index (χ1n) is 12.6. The average Bonchev–Trinajstić information content (AvgIpc) is 2.69. The molecule has 0 aromatic carbocycles. The van der Waals surface area contributed by atoms with Gasteiger partial charge in [-0.25, -0.2) is 0 Å². The monoisotopic (exact) mass is 459 g/mol. The maximum Gasteiger partial charge on any atom is 0.220 e. The largest absolute Gasteiger partial charge is 0.353 e. The summed E-state index contributed by atoms with van der Waals surface area (Å²) < 4.78 is 0. The van der Waals surface area contributed by atoms with Crippen LogP contribution in [0.25, 0.3) is 0 Å². The van der Waals surface area contributed by atoms with Crippen molar-refractivity contribution in [1.82, 2.24) is 5.32 Å². The van der Waals surface area contributed by atoms with Crippen molar-refractivity contribution in [1.29, 1.82) is 0 Å². The van der Waals surface area contributed by atoms with Gasteiger partial charge in [-0.1, -0.05) is 126 Å². The van der Waals surface area contributed by atoms with Crippen LogP contribution in [0.2, 0.25) is 0 Å². The average molecular weight is 461 g/mol. The molecule has 0 saturated carbocycles. The van der Waals surface area contributed by atoms with Gasteiger partial charge in [-0.15, -0.1) is 0 Å². The van der Waals surface area contributed by atoms with Crippen molar-refractivity contribution in [2.75, 3.05) is 5.33 Å². The first-order chi connectivity index (χ1) is 13.7. The predicted octanol–water partition coefficient (Wildman–Crippen LogP) is 8.71. The number of carbonyl (C=O) groups is 1. The molecule has 0 fully saturated rings. The highest BCUT2D eigenvalue weighted by molar-refractivity contribution is 9.09. The maximum atomic E-state index is 12.4. The molecule has 0 aromatic rings. The molecule has 0 aromatic heterocycles. The Morgan fingerprint density at radius 1 is 0.643 bits per heavy atom. The lowest BCUT2D eigenvalue weighted by atomic mass is 9.99. The third kappa shape index (κ3) is 20.7. The molecule has 0 aliphatic rings. The highest BCUT2D eigenvalue weighted by Crippen LogP contribution is 2.15. The molecule has 0 saturated heterocycles. The molecule has 2 nitrogen and oxygen atoms in total. The van der Waals surface area contributed by atoms with Crippen molar-refractivity contribution >= 4 is 21.8 Å². The van der Waals surface area contributed by atoms with Gasteiger partial charge in [0.25, 0.3) is 0 Å². The number of alkyl halides is 1. The Balaban J connectivity index is 3.99. The van der Waals surface area contributed by atoms with E-state index < -0.39 is 0 Å². The Kier molecular flexibility index (Phi) is 23.2. The normalized spacial score (nSPS) is 11.3. The fourth-order valence-corrected chi connectivity index (χ4v) is 4.24. The number of unbranched alkanes of at least 4 members (excludes halogenated alkanes) is 14. The van der Waals surface area contributed by atoms with E-state index in [0.29, 0.717) is 11.9 Å². The van der Waals surface area contributed by atoms with Crippen molar-refractivity contribution in [2.45, 2.75) is 148 Å². The lowest BCUT2D eigenvalue weighted by Gasteiger charge is -2.19. The molecule has 0 bridgehead atoms. The zero-order chi connectivity index (χ0) is 20.7. The molecule has 168 valence electrons. The molecule has 0 heterocycles. The standard InChI is InChI=1S/C25H50BrNO/c1-3-5-7-9-12-16-20-24(21-17-13-10-8-6-4-2)27-25(28)22-18-14-11-15-19-23-26/h24H,3-23H2,1-2H3,(H,27,28). The van der Waals surface area contributed by atoms with Gasteiger partial charge in [0.05, 0.1) is 0 Å². The number of nitrogens with one attached hydrogen (secondary N) is 1. The molecule has 0 atom stereocenters. The van der Waals surface area contributed by atoms with Crippen LogP contribution in [0.5, 0.6) is 0 Å². The van der Waals surface area contributed by atoms with Crippen LogP contribution in [0, 0.1) is 0 Å². The molecule has 0 radical (unpaired) electrons. The van der Waals surface area contributed by atoms with E-state index in [0.717, 1.165) is 18.2 Å². The van der Waals surface area contributed by atoms with Crippen LogP contribution in [0.4, 0.5) is 0 Å². The summed E-state index contributed by atoms with van der Waals surface area (Å²) in [5.41, 5.74) is 0. The second-order valence-corrected chi connectivity index (χ2v) is 9.38. The van der Waals surface area contributed by atoms with E-state index >= 15 is 0 Å². The topological polar surface area (TPSA) is 29.1 Å². The highest BCUT2D eigenvalue weighted by Gasteiger charge is 2.12. The summed E-state index contributed by atoms with van der Waals surface area (Å²) in [7, 11) is 0. The van der Waals surface area contributed by atoms with Gasteiger partial charge < -0.3 is 5.32 Å². The van der Waals surface area contributed by atoms with Gasteiger partial charge >= 0.3 is 0 Å². The molecule has 1 N–H and O–H groups in total. The van der Waals surface area contributed by atoms with Crippen LogP contribution in [0.1, 0.15) is 142 Å². The Morgan fingerprint density at radius 2 is 1.07 bits per heavy atom. The second-order valence-electron chi connectivity index (χ2n) is 8.58. The van der Waals surface area contributed by atoms with E-state index in [1.807, 2.05) is 0 Å². The number of carbonyl (C=O) groups excluding carboxylic acids is 1. The molecular weight excluding hydrogens is 410 g/mol. The van der Waals surface area contributed by atoms with E-state index in [1.54, 1.807) is 0 Å². The van der Waals surface area contributed by atoms with Crippen LogP contribution < -0.4 is 5.32 Å². The summed E-state index contributed by atoms with van der Waals surface area (Å²) in [5, 5.41) is 4.48. The van der Waals surface area contributed by atoms with E-state index in [2.05, 4.69) is 35.1 Å². The third-order valence-corrected chi connectivity index (χ3v) is 6.28. The molecule has 0 aliphatic carbocycles. The first kappa shape index (κ1) is 27.9. The van der Waals surface area contributed by atoms with Crippen molar-refractivity contribution in [3.63, 3.8) is 0 Å². The molecule has 1 amide bonds. The second kappa shape index (κ2) is 23.2. The quantitative estimate of drug-likeness (QED) is 0.127. The van der Waals surface area contributed by atoms with Crippen LogP contribution in [-0.4, -0.2) is 17.3 Å². The maximum absolute atomic E-state index is 12.4. The van der Waals surface area contributed by atoms with Gasteiger partial charge in [-0.3, -0.25) is 4.79 Å². The Bertz CT molecular complexity index is 306. The zero-order valence-electron chi connectivity index (χ0n) is 19.2. The van der Waals surface area contributed by atoms with Gasteiger partial charge in [0.15, 0.2) is 0 Å². The van der Waals surface area contributed by atoms with Crippen molar-refractivity contribution in [3.05, 3.63) is 0 Å². The summed E-state index contributed by atoms with van der Waals surface area (Å²) in [6.07, 6.45) is 25.2. The van der Waals surface area contributed by atoms with Gasteiger partial charge in [-0.05, 0) is 25.7 Å². The smallest absolute Gasteiger partial charge is 0.220 e. The summed E-state index contributed by atoms with van der Waals surface area (Å²) >= 11 is 3.48. The Labute approximate surface area is 185 Å². The minimum atomic E-state index is 0.294. The van der Waals surface area contributed by atoms with Gasteiger partial charge in [0.2, 0.25) is 5.91 Å². The molecule has 0 spiro atoms. The minimum Gasteiger partial charge on any atom is -0.353 e. The van der Waals surface area contributed by atoms with Crippen LogP contribution in [-0.2, 0) is 4.79 Å². The van der Waals surface area contributed by atoms with E-state index in [1.165, 1.54) is 116 Å². The lowest BCUT2D eigenvalue weighted by molar-refractivity contribution is -0.122. The number of halogens is 1. The number of rotatable bonds is 22. The summed E-state index contributed by atoms with van der Waals surface area (Å²) in [6.45, 7) is 4.54. The zero-order valence-corrected chi connectivity index (χ0v) is 20.8. The van der Waals surface area contributed by atoms with Crippen LogP contribution >= 0.6 is 15.9 Å². The van der Waals surface area contributed by atoms with Crippen LogP contribution in [0.3, 0.4) is 0 Å². The number of hydrogen-bond acceptors (Lipinski definition) is 1. The predicted molar refractivity (Wildman–Crippen MR) is 129 cm³/mol. The highest BCUT2D eigenvalue weighted by atomic mass is 79.9. The first-order valence-corrected chi connectivity index (χ1v) is 13.7. The SMILES string of the molecule is CCCCCCCCC(CCCCCCCC)NC(=O)CCCCCCCBr. The van der Waals surface area contributed by atoms with Crippen molar-refractivity contribution in [3.8, 4) is 0 Å². The van der Waals surface area contributed by atoms with Crippen LogP contribution in [0.15, 0.2) is 0 Å². The molecule has 0 unspecified atom stereocenters. The van der Waals surface area contributed by atoms with Gasteiger partial charge in [-0.2, -0.15) is 0 Å². The van der Waals surface area contributed by atoms with Crippen molar-refractivity contribution < 1.29 is 4.79 Å². The Morgan fingerprint density at radius 3 is 1.57 bits per heavy atom. The number of amides is 1. The van der Waals surface area contributed by atoms with E-state index in [-0.39, 0.29) is 0 Å².